The zero-order valence-corrected chi connectivity index (χ0v) is 12.0. The molecule has 0 fully saturated rings. The Hall–Kier alpha value is -1.23. The van der Waals surface area contributed by atoms with Crippen LogP contribution >= 0.6 is 34.5 Å². The fourth-order valence-electron chi connectivity index (χ4n) is 2.08. The number of ether oxygens (including phenoxy) is 1. The molecular weight excluding hydrogens is 305 g/mol. The molecule has 3 rings (SSSR count). The predicted molar refractivity (Wildman–Crippen MR) is 77.5 cm³/mol. The van der Waals surface area contributed by atoms with Crippen molar-refractivity contribution in [3.05, 3.63) is 38.7 Å². The number of rotatable bonds is 1. The van der Waals surface area contributed by atoms with Gasteiger partial charge in [0.25, 0.3) is 5.91 Å². The van der Waals surface area contributed by atoms with E-state index in [9.17, 15) is 4.79 Å². The van der Waals surface area contributed by atoms with Gasteiger partial charge in [0.15, 0.2) is 0 Å². The van der Waals surface area contributed by atoms with Gasteiger partial charge in [-0.1, -0.05) is 23.2 Å². The van der Waals surface area contributed by atoms with Gasteiger partial charge in [-0.2, -0.15) is 0 Å². The fourth-order valence-corrected chi connectivity index (χ4v) is 3.53. The summed E-state index contributed by atoms with van der Waals surface area (Å²) in [6, 6.07) is 5.41. The van der Waals surface area contributed by atoms with Crippen LogP contribution in [0.4, 0.5) is 0 Å². The summed E-state index contributed by atoms with van der Waals surface area (Å²) in [4.78, 5) is 12.8. The van der Waals surface area contributed by atoms with E-state index in [0.717, 1.165) is 16.0 Å². The molecule has 1 aliphatic heterocycles. The Kier molecular flexibility index (Phi) is 3.17. The average Bonchev–Trinajstić information content (AvgIpc) is 2.72. The van der Waals surface area contributed by atoms with Crippen molar-refractivity contribution in [1.29, 1.82) is 0 Å². The van der Waals surface area contributed by atoms with Gasteiger partial charge in [-0.05, 0) is 23.8 Å². The monoisotopic (exact) mass is 313 g/mol. The van der Waals surface area contributed by atoms with Gasteiger partial charge < -0.3 is 10.5 Å². The van der Waals surface area contributed by atoms with Gasteiger partial charge in [0, 0.05) is 16.9 Å². The Morgan fingerprint density at radius 3 is 2.89 bits per heavy atom. The lowest BCUT2D eigenvalue weighted by molar-refractivity contribution is 0.100. The largest absolute Gasteiger partial charge is 0.491 e. The Bertz CT molecular complexity index is 682. The summed E-state index contributed by atoms with van der Waals surface area (Å²) >= 11 is 13.5. The topological polar surface area (TPSA) is 52.3 Å². The summed E-state index contributed by atoms with van der Waals surface area (Å²) in [6.07, 6.45) is 0.710. The van der Waals surface area contributed by atoms with Crippen LogP contribution in [0.2, 0.25) is 10.0 Å². The van der Waals surface area contributed by atoms with E-state index in [-0.39, 0.29) is 0 Å². The number of halogens is 2. The molecule has 0 atom stereocenters. The average molecular weight is 314 g/mol. The molecular formula is C13H9Cl2NO2S. The summed E-state index contributed by atoms with van der Waals surface area (Å²) in [7, 11) is 0. The molecule has 1 aliphatic rings. The van der Waals surface area contributed by atoms with E-state index in [0.29, 0.717) is 33.7 Å². The highest BCUT2D eigenvalue weighted by Gasteiger charge is 2.23. The van der Waals surface area contributed by atoms with Crippen LogP contribution in [0.25, 0.3) is 10.4 Å². The highest BCUT2D eigenvalue weighted by Crippen LogP contribution is 2.46. The molecule has 1 aromatic heterocycles. The van der Waals surface area contributed by atoms with Crippen molar-refractivity contribution < 1.29 is 9.53 Å². The molecule has 0 saturated carbocycles. The number of fused-ring (bicyclic) bond motifs is 3. The lowest BCUT2D eigenvalue weighted by atomic mass is 10.1. The van der Waals surface area contributed by atoms with Crippen molar-refractivity contribution in [2.75, 3.05) is 6.61 Å². The summed E-state index contributed by atoms with van der Waals surface area (Å²) in [5, 5.41) is 0.858. The molecule has 0 spiro atoms. The van der Waals surface area contributed by atoms with Gasteiger partial charge >= 0.3 is 0 Å². The van der Waals surface area contributed by atoms with Crippen molar-refractivity contribution in [2.24, 2.45) is 5.73 Å². The molecule has 1 amide bonds. The van der Waals surface area contributed by atoms with Crippen LogP contribution in [0.3, 0.4) is 0 Å². The molecule has 6 heteroatoms. The number of amides is 1. The molecule has 0 radical (unpaired) electrons. The SMILES string of the molecule is NC(=O)c1cc2c(s1)-c1ccc(Cl)c(Cl)c1OCC2. The van der Waals surface area contributed by atoms with Gasteiger partial charge in [0.1, 0.15) is 10.8 Å². The maximum absolute atomic E-state index is 11.3. The number of primary amides is 1. The number of thiophene rings is 1. The van der Waals surface area contributed by atoms with Crippen LogP contribution in [0.15, 0.2) is 18.2 Å². The Labute approximate surface area is 123 Å². The van der Waals surface area contributed by atoms with Crippen LogP contribution < -0.4 is 10.5 Å². The first kappa shape index (κ1) is 12.8. The van der Waals surface area contributed by atoms with Gasteiger partial charge in [0.05, 0.1) is 16.5 Å². The van der Waals surface area contributed by atoms with Crippen molar-refractivity contribution in [2.45, 2.75) is 6.42 Å². The van der Waals surface area contributed by atoms with Crippen LogP contribution in [0, 0.1) is 0 Å². The second-order valence-corrected chi connectivity index (χ2v) is 6.00. The van der Waals surface area contributed by atoms with E-state index >= 15 is 0 Å². The van der Waals surface area contributed by atoms with Gasteiger partial charge in [0.2, 0.25) is 0 Å². The number of hydrogen-bond donors (Lipinski definition) is 1. The molecule has 1 aromatic carbocycles. The first-order valence-corrected chi connectivity index (χ1v) is 7.19. The highest BCUT2D eigenvalue weighted by molar-refractivity contribution is 7.17. The number of carbonyl (C=O) groups is 1. The van der Waals surface area contributed by atoms with E-state index in [1.807, 2.05) is 12.1 Å². The van der Waals surface area contributed by atoms with Gasteiger partial charge in [-0.3, -0.25) is 4.79 Å². The molecule has 0 aliphatic carbocycles. The summed E-state index contributed by atoms with van der Waals surface area (Å²) in [6.45, 7) is 0.495. The maximum Gasteiger partial charge on any atom is 0.258 e. The highest BCUT2D eigenvalue weighted by atomic mass is 35.5. The first-order valence-electron chi connectivity index (χ1n) is 5.61. The van der Waals surface area contributed by atoms with E-state index in [2.05, 4.69) is 0 Å². The second kappa shape index (κ2) is 4.71. The van der Waals surface area contributed by atoms with Crippen LogP contribution in [0.1, 0.15) is 15.2 Å². The van der Waals surface area contributed by atoms with Crippen molar-refractivity contribution in [3.63, 3.8) is 0 Å². The minimum Gasteiger partial charge on any atom is -0.491 e. The number of hydrogen-bond acceptors (Lipinski definition) is 3. The smallest absolute Gasteiger partial charge is 0.258 e. The van der Waals surface area contributed by atoms with Crippen LogP contribution in [-0.4, -0.2) is 12.5 Å². The lowest BCUT2D eigenvalue weighted by Crippen LogP contribution is -2.08. The summed E-state index contributed by atoms with van der Waals surface area (Å²) in [5.41, 5.74) is 7.24. The molecule has 0 bridgehead atoms. The van der Waals surface area contributed by atoms with E-state index < -0.39 is 5.91 Å². The van der Waals surface area contributed by atoms with E-state index in [1.165, 1.54) is 11.3 Å². The molecule has 19 heavy (non-hydrogen) atoms. The lowest BCUT2D eigenvalue weighted by Gasteiger charge is -2.10. The Morgan fingerprint density at radius 2 is 2.16 bits per heavy atom. The normalized spacial score (nSPS) is 13.2. The quantitative estimate of drug-likeness (QED) is 0.871. The zero-order valence-electron chi connectivity index (χ0n) is 9.70. The standard InChI is InChI=1S/C13H9Cl2NO2S/c14-8-2-1-7-11(10(8)15)18-4-3-6-5-9(13(16)17)19-12(6)7/h1-2,5H,3-4H2,(H2,16,17). The minimum atomic E-state index is -0.416. The second-order valence-electron chi connectivity index (χ2n) is 4.17. The third-order valence-electron chi connectivity index (χ3n) is 2.96. The number of benzene rings is 1. The molecule has 0 saturated heterocycles. The minimum absolute atomic E-state index is 0.404. The zero-order chi connectivity index (χ0) is 13.6. The molecule has 2 heterocycles. The van der Waals surface area contributed by atoms with Crippen molar-refractivity contribution in [3.8, 4) is 16.2 Å². The fraction of sp³-hybridized carbons (Fsp3) is 0.154. The Morgan fingerprint density at radius 1 is 1.37 bits per heavy atom. The van der Waals surface area contributed by atoms with Gasteiger partial charge in [-0.25, -0.2) is 0 Å². The molecule has 0 unspecified atom stereocenters. The van der Waals surface area contributed by atoms with E-state index in [4.69, 9.17) is 33.7 Å². The molecule has 2 N–H and O–H groups in total. The first-order chi connectivity index (χ1) is 9.08. The van der Waals surface area contributed by atoms with Gasteiger partial charge in [-0.15, -0.1) is 11.3 Å². The number of nitrogens with two attached hydrogens (primary N) is 1. The number of carbonyl (C=O) groups excluding carboxylic acids is 1. The van der Waals surface area contributed by atoms with Crippen molar-refractivity contribution >= 4 is 40.4 Å². The molecule has 98 valence electrons. The third kappa shape index (κ3) is 2.10. The molecule has 2 aromatic rings. The van der Waals surface area contributed by atoms with Crippen LogP contribution in [0.5, 0.6) is 5.75 Å². The third-order valence-corrected chi connectivity index (χ3v) is 4.98. The summed E-state index contributed by atoms with van der Waals surface area (Å²) < 4.78 is 5.68. The maximum atomic E-state index is 11.3. The Balaban J connectivity index is 2.24. The van der Waals surface area contributed by atoms with Crippen molar-refractivity contribution in [1.82, 2.24) is 0 Å². The predicted octanol–water partition coefficient (Wildman–Crippen LogP) is 3.76. The summed E-state index contributed by atoms with van der Waals surface area (Å²) in [5.74, 6) is 0.159. The van der Waals surface area contributed by atoms with E-state index in [1.54, 1.807) is 6.07 Å². The molecule has 3 nitrogen and oxygen atoms in total. The van der Waals surface area contributed by atoms with Crippen LogP contribution in [-0.2, 0) is 6.42 Å².